The molecule has 0 aromatic heterocycles. The second kappa shape index (κ2) is 6.61. The summed E-state index contributed by atoms with van der Waals surface area (Å²) in [4.78, 5) is 22.7. The summed E-state index contributed by atoms with van der Waals surface area (Å²) in [7, 11) is 0. The first-order chi connectivity index (χ1) is 8.54. The maximum atomic E-state index is 11.8. The van der Waals surface area contributed by atoms with Crippen molar-refractivity contribution in [1.29, 1.82) is 0 Å². The van der Waals surface area contributed by atoms with Crippen LogP contribution >= 0.6 is 0 Å². The Bertz CT molecular complexity index is 301. The molecule has 0 bridgehead atoms. The molecule has 0 radical (unpaired) electrons. The fourth-order valence-corrected chi connectivity index (χ4v) is 2.04. The monoisotopic (exact) mass is 256 g/mol. The van der Waals surface area contributed by atoms with Gasteiger partial charge in [0.25, 0.3) is 0 Å². The number of carboxylic acid groups (broad SMARTS) is 1. The number of unbranched alkanes of at least 4 members (excludes halogenated alkanes) is 1. The van der Waals surface area contributed by atoms with Crippen LogP contribution in [0.4, 0.5) is 4.79 Å². The molecule has 0 aliphatic heterocycles. The Morgan fingerprint density at radius 3 is 2.33 bits per heavy atom. The van der Waals surface area contributed by atoms with Gasteiger partial charge in [-0.05, 0) is 25.7 Å². The number of nitrogens with one attached hydrogen (secondary N) is 2. The predicted molar refractivity (Wildman–Crippen MR) is 69.5 cm³/mol. The van der Waals surface area contributed by atoms with Crippen molar-refractivity contribution in [2.75, 3.05) is 0 Å². The Hall–Kier alpha value is -1.26. The van der Waals surface area contributed by atoms with Crippen LogP contribution in [0.3, 0.4) is 0 Å². The minimum absolute atomic E-state index is 0.152. The SMILES string of the molecule is CCCCC(CCC)NC(=O)NC1(C(=O)O)CC1. The zero-order valence-corrected chi connectivity index (χ0v) is 11.3. The van der Waals surface area contributed by atoms with Gasteiger partial charge in [0, 0.05) is 6.04 Å². The van der Waals surface area contributed by atoms with Crippen LogP contribution in [0.25, 0.3) is 0 Å². The Kier molecular flexibility index (Phi) is 5.44. The van der Waals surface area contributed by atoms with E-state index in [1.807, 2.05) is 0 Å². The second-order valence-electron chi connectivity index (χ2n) is 5.11. The molecule has 0 spiro atoms. The van der Waals surface area contributed by atoms with E-state index in [-0.39, 0.29) is 12.1 Å². The minimum atomic E-state index is -0.994. The molecule has 1 unspecified atom stereocenters. The molecule has 1 atom stereocenters. The van der Waals surface area contributed by atoms with Crippen molar-refractivity contribution in [1.82, 2.24) is 10.6 Å². The number of rotatable bonds is 8. The molecule has 5 nitrogen and oxygen atoms in total. The van der Waals surface area contributed by atoms with E-state index in [9.17, 15) is 9.59 Å². The molecule has 5 heteroatoms. The quantitative estimate of drug-likeness (QED) is 0.623. The van der Waals surface area contributed by atoms with Crippen LogP contribution in [0.5, 0.6) is 0 Å². The summed E-state index contributed by atoms with van der Waals surface area (Å²) < 4.78 is 0. The summed E-state index contributed by atoms with van der Waals surface area (Å²) in [5.74, 6) is -0.932. The molecule has 1 saturated carbocycles. The van der Waals surface area contributed by atoms with Crippen LogP contribution < -0.4 is 10.6 Å². The molecule has 2 amide bonds. The largest absolute Gasteiger partial charge is 0.480 e. The number of carbonyl (C=O) groups excluding carboxylic acids is 1. The summed E-state index contributed by atoms with van der Waals surface area (Å²) >= 11 is 0. The van der Waals surface area contributed by atoms with Crippen molar-refractivity contribution in [3.8, 4) is 0 Å². The summed E-state index contributed by atoms with van der Waals surface area (Å²) in [6, 6.07) is -0.191. The molecule has 0 saturated heterocycles. The highest BCUT2D eigenvalue weighted by atomic mass is 16.4. The molecule has 18 heavy (non-hydrogen) atoms. The van der Waals surface area contributed by atoms with Crippen LogP contribution in [0.1, 0.15) is 58.8 Å². The van der Waals surface area contributed by atoms with Gasteiger partial charge in [0.05, 0.1) is 0 Å². The van der Waals surface area contributed by atoms with E-state index < -0.39 is 11.5 Å². The fraction of sp³-hybridized carbons (Fsp3) is 0.846. The number of aliphatic carboxylic acids is 1. The smallest absolute Gasteiger partial charge is 0.329 e. The average molecular weight is 256 g/mol. The Balaban J connectivity index is 2.38. The van der Waals surface area contributed by atoms with E-state index in [1.165, 1.54) is 0 Å². The normalized spacial score (nSPS) is 17.9. The van der Waals surface area contributed by atoms with Crippen LogP contribution in [0.15, 0.2) is 0 Å². The Labute approximate surface area is 108 Å². The highest BCUT2D eigenvalue weighted by Gasteiger charge is 2.51. The predicted octanol–water partition coefficient (Wildman–Crippen LogP) is 2.26. The van der Waals surface area contributed by atoms with Gasteiger partial charge in [0.1, 0.15) is 5.54 Å². The molecule has 0 aromatic carbocycles. The standard InChI is InChI=1S/C13H24N2O3/c1-3-5-7-10(6-4-2)14-12(18)15-13(8-9-13)11(16)17/h10H,3-9H2,1-2H3,(H,16,17)(H2,14,15,18). The number of hydrogen-bond donors (Lipinski definition) is 3. The van der Waals surface area contributed by atoms with Crippen LogP contribution in [-0.4, -0.2) is 28.7 Å². The van der Waals surface area contributed by atoms with E-state index in [0.717, 1.165) is 32.1 Å². The molecule has 1 aliphatic carbocycles. The Morgan fingerprint density at radius 1 is 1.22 bits per heavy atom. The number of carboxylic acids is 1. The number of urea groups is 1. The van der Waals surface area contributed by atoms with Crippen molar-refractivity contribution >= 4 is 12.0 Å². The van der Waals surface area contributed by atoms with Gasteiger partial charge in [-0.1, -0.05) is 33.1 Å². The summed E-state index contributed by atoms with van der Waals surface area (Å²) in [6.45, 7) is 4.20. The second-order valence-corrected chi connectivity index (χ2v) is 5.11. The maximum absolute atomic E-state index is 11.8. The van der Waals surface area contributed by atoms with Crippen molar-refractivity contribution < 1.29 is 14.7 Å². The van der Waals surface area contributed by atoms with E-state index in [2.05, 4.69) is 24.5 Å². The molecule has 3 N–H and O–H groups in total. The number of carbonyl (C=O) groups is 2. The lowest BCUT2D eigenvalue weighted by molar-refractivity contribution is -0.140. The van der Waals surface area contributed by atoms with Crippen molar-refractivity contribution in [3.05, 3.63) is 0 Å². The van der Waals surface area contributed by atoms with Gasteiger partial charge in [-0.15, -0.1) is 0 Å². The third kappa shape index (κ3) is 4.20. The Morgan fingerprint density at radius 2 is 1.89 bits per heavy atom. The molecule has 1 rings (SSSR count). The third-order valence-corrected chi connectivity index (χ3v) is 3.39. The van der Waals surface area contributed by atoms with Gasteiger partial charge in [-0.25, -0.2) is 9.59 Å². The molecular formula is C13H24N2O3. The summed E-state index contributed by atoms with van der Waals surface area (Å²) in [5.41, 5.74) is -0.994. The summed E-state index contributed by atoms with van der Waals surface area (Å²) in [5, 5.41) is 14.5. The molecule has 1 aliphatic rings. The van der Waals surface area contributed by atoms with E-state index in [0.29, 0.717) is 12.8 Å². The minimum Gasteiger partial charge on any atom is -0.480 e. The van der Waals surface area contributed by atoms with Crippen molar-refractivity contribution in [2.24, 2.45) is 0 Å². The van der Waals surface area contributed by atoms with Gasteiger partial charge in [0.15, 0.2) is 0 Å². The van der Waals surface area contributed by atoms with Gasteiger partial charge in [-0.3, -0.25) is 0 Å². The lowest BCUT2D eigenvalue weighted by Crippen LogP contribution is -2.50. The van der Waals surface area contributed by atoms with Crippen molar-refractivity contribution in [2.45, 2.75) is 70.4 Å². The van der Waals surface area contributed by atoms with Gasteiger partial charge in [-0.2, -0.15) is 0 Å². The van der Waals surface area contributed by atoms with Gasteiger partial charge < -0.3 is 15.7 Å². The number of hydrogen-bond acceptors (Lipinski definition) is 2. The third-order valence-electron chi connectivity index (χ3n) is 3.39. The lowest BCUT2D eigenvalue weighted by atomic mass is 10.1. The van der Waals surface area contributed by atoms with Crippen LogP contribution in [0.2, 0.25) is 0 Å². The molecular weight excluding hydrogens is 232 g/mol. The highest BCUT2D eigenvalue weighted by molar-refractivity contribution is 5.88. The zero-order chi connectivity index (χ0) is 13.6. The summed E-state index contributed by atoms with van der Waals surface area (Å²) in [6.07, 6.45) is 6.15. The molecule has 1 fully saturated rings. The van der Waals surface area contributed by atoms with Gasteiger partial charge in [0.2, 0.25) is 0 Å². The van der Waals surface area contributed by atoms with Crippen molar-refractivity contribution in [3.63, 3.8) is 0 Å². The van der Waals surface area contributed by atoms with Crippen LogP contribution in [-0.2, 0) is 4.79 Å². The number of amides is 2. The van der Waals surface area contributed by atoms with Gasteiger partial charge >= 0.3 is 12.0 Å². The first-order valence-corrected chi connectivity index (χ1v) is 6.86. The van der Waals surface area contributed by atoms with E-state index in [4.69, 9.17) is 5.11 Å². The first kappa shape index (κ1) is 14.8. The highest BCUT2D eigenvalue weighted by Crippen LogP contribution is 2.35. The zero-order valence-electron chi connectivity index (χ0n) is 11.3. The van der Waals surface area contributed by atoms with E-state index in [1.54, 1.807) is 0 Å². The molecule has 104 valence electrons. The van der Waals surface area contributed by atoms with Crippen LogP contribution in [0, 0.1) is 0 Å². The lowest BCUT2D eigenvalue weighted by Gasteiger charge is -2.20. The van der Waals surface area contributed by atoms with E-state index >= 15 is 0 Å². The molecule has 0 heterocycles. The molecule has 0 aromatic rings. The fourth-order valence-electron chi connectivity index (χ4n) is 2.04. The first-order valence-electron chi connectivity index (χ1n) is 6.86. The average Bonchev–Trinajstić information content (AvgIpc) is 3.07. The topological polar surface area (TPSA) is 78.4 Å². The maximum Gasteiger partial charge on any atom is 0.329 e.